The van der Waals surface area contributed by atoms with E-state index in [0.717, 1.165) is 5.56 Å². The van der Waals surface area contributed by atoms with Gasteiger partial charge in [0.2, 0.25) is 0 Å². The lowest BCUT2D eigenvalue weighted by Crippen LogP contribution is -2.27. The lowest BCUT2D eigenvalue weighted by atomic mass is 10.1. The average molecular weight is 376 g/mol. The van der Waals surface area contributed by atoms with E-state index in [1.807, 2.05) is 37.3 Å². The van der Waals surface area contributed by atoms with Crippen molar-refractivity contribution in [3.63, 3.8) is 0 Å². The number of nitrogens with one attached hydrogen (secondary N) is 2. The summed E-state index contributed by atoms with van der Waals surface area (Å²) in [5.41, 5.74) is 2.11. The summed E-state index contributed by atoms with van der Waals surface area (Å²) in [7, 11) is 1.32. The molecule has 142 valence electrons. The van der Waals surface area contributed by atoms with E-state index in [1.54, 1.807) is 24.3 Å². The van der Waals surface area contributed by atoms with Gasteiger partial charge in [-0.25, -0.2) is 14.8 Å². The molecular formula is C21H20N4O3. The first kappa shape index (κ1) is 19.0. The van der Waals surface area contributed by atoms with Gasteiger partial charge in [-0.1, -0.05) is 42.5 Å². The molecule has 0 saturated heterocycles. The topological polar surface area (TPSA) is 93.2 Å². The highest BCUT2D eigenvalue weighted by Crippen LogP contribution is 2.20. The van der Waals surface area contributed by atoms with E-state index in [9.17, 15) is 9.59 Å². The molecule has 1 heterocycles. The minimum Gasteiger partial charge on any atom is -0.465 e. The fraction of sp³-hybridized carbons (Fsp3) is 0.143. The number of para-hydroxylation sites is 1. The molecule has 1 aromatic heterocycles. The van der Waals surface area contributed by atoms with E-state index in [0.29, 0.717) is 17.1 Å². The fourth-order valence-corrected chi connectivity index (χ4v) is 2.66. The number of hydrogen-bond donors (Lipinski definition) is 2. The number of benzene rings is 2. The number of rotatable bonds is 6. The number of carbonyl (C=O) groups excluding carboxylic acids is 2. The van der Waals surface area contributed by atoms with E-state index in [2.05, 4.69) is 20.6 Å². The molecule has 1 atom stereocenters. The molecule has 0 spiro atoms. The molecule has 0 saturated carbocycles. The number of aromatic nitrogens is 2. The van der Waals surface area contributed by atoms with Crippen molar-refractivity contribution in [3.05, 3.63) is 83.8 Å². The summed E-state index contributed by atoms with van der Waals surface area (Å²) in [5, 5.41) is 5.95. The third-order valence-corrected chi connectivity index (χ3v) is 4.14. The number of hydrogen-bond acceptors (Lipinski definition) is 6. The molecule has 1 unspecified atom stereocenters. The van der Waals surface area contributed by atoms with Crippen LogP contribution in [-0.4, -0.2) is 29.0 Å². The van der Waals surface area contributed by atoms with Crippen molar-refractivity contribution in [1.82, 2.24) is 15.3 Å². The predicted molar refractivity (Wildman–Crippen MR) is 105 cm³/mol. The summed E-state index contributed by atoms with van der Waals surface area (Å²) in [4.78, 5) is 32.6. The van der Waals surface area contributed by atoms with Gasteiger partial charge < -0.3 is 15.4 Å². The van der Waals surface area contributed by atoms with Crippen LogP contribution >= 0.6 is 0 Å². The summed E-state index contributed by atoms with van der Waals surface area (Å²) < 4.78 is 4.79. The molecule has 3 aromatic rings. The summed E-state index contributed by atoms with van der Waals surface area (Å²) >= 11 is 0. The van der Waals surface area contributed by atoms with Gasteiger partial charge in [0.05, 0.1) is 24.4 Å². The minimum absolute atomic E-state index is 0.167. The molecule has 0 aliphatic carbocycles. The van der Waals surface area contributed by atoms with Gasteiger partial charge in [-0.3, -0.25) is 4.79 Å². The highest BCUT2D eigenvalue weighted by molar-refractivity contribution is 5.97. The van der Waals surface area contributed by atoms with Gasteiger partial charge in [0.1, 0.15) is 17.8 Å². The van der Waals surface area contributed by atoms with Crippen molar-refractivity contribution in [2.75, 3.05) is 12.4 Å². The Kier molecular flexibility index (Phi) is 5.96. The van der Waals surface area contributed by atoms with E-state index in [1.165, 1.54) is 19.5 Å². The molecule has 0 aliphatic rings. The fourth-order valence-electron chi connectivity index (χ4n) is 2.66. The Morgan fingerprint density at radius 1 is 1.00 bits per heavy atom. The Morgan fingerprint density at radius 3 is 2.46 bits per heavy atom. The highest BCUT2D eigenvalue weighted by atomic mass is 16.5. The van der Waals surface area contributed by atoms with Gasteiger partial charge in [-0.15, -0.1) is 0 Å². The van der Waals surface area contributed by atoms with Gasteiger partial charge in [-0.05, 0) is 24.6 Å². The molecule has 7 heteroatoms. The quantitative estimate of drug-likeness (QED) is 0.640. The SMILES string of the molecule is COC(=O)c1ccccc1Nc1cc(C(=O)NC(C)c2ccccc2)ncn1. The average Bonchev–Trinajstić information content (AvgIpc) is 2.74. The summed E-state index contributed by atoms with van der Waals surface area (Å²) in [6, 6.07) is 17.9. The largest absolute Gasteiger partial charge is 0.465 e. The Labute approximate surface area is 162 Å². The van der Waals surface area contributed by atoms with Crippen molar-refractivity contribution in [1.29, 1.82) is 0 Å². The Bertz CT molecular complexity index is 976. The molecule has 1 amide bonds. The van der Waals surface area contributed by atoms with E-state index in [4.69, 9.17) is 4.74 Å². The number of nitrogens with zero attached hydrogens (tertiary/aromatic N) is 2. The monoisotopic (exact) mass is 376 g/mol. The van der Waals surface area contributed by atoms with Crippen LogP contribution in [0.1, 0.15) is 39.4 Å². The second-order valence-electron chi connectivity index (χ2n) is 6.06. The normalized spacial score (nSPS) is 11.4. The van der Waals surface area contributed by atoms with Crippen molar-refractivity contribution in [2.24, 2.45) is 0 Å². The molecule has 2 aromatic carbocycles. The lowest BCUT2D eigenvalue weighted by molar-refractivity contribution is 0.0601. The van der Waals surface area contributed by atoms with Crippen LogP contribution in [0.5, 0.6) is 0 Å². The number of ether oxygens (including phenoxy) is 1. The second kappa shape index (κ2) is 8.77. The Morgan fingerprint density at radius 2 is 1.71 bits per heavy atom. The zero-order valence-corrected chi connectivity index (χ0v) is 15.5. The summed E-state index contributed by atoms with van der Waals surface area (Å²) in [6.07, 6.45) is 1.30. The van der Waals surface area contributed by atoms with E-state index >= 15 is 0 Å². The number of carbonyl (C=O) groups is 2. The first-order chi connectivity index (χ1) is 13.6. The first-order valence-corrected chi connectivity index (χ1v) is 8.70. The molecule has 2 N–H and O–H groups in total. The minimum atomic E-state index is -0.466. The number of amides is 1. The van der Waals surface area contributed by atoms with Crippen LogP contribution in [0.4, 0.5) is 11.5 Å². The van der Waals surface area contributed by atoms with E-state index in [-0.39, 0.29) is 17.6 Å². The van der Waals surface area contributed by atoms with Gasteiger partial charge in [-0.2, -0.15) is 0 Å². The molecule has 0 aliphatic heterocycles. The standard InChI is InChI=1S/C21H20N4O3/c1-14(15-8-4-3-5-9-15)24-20(26)18-12-19(23-13-22-18)25-17-11-7-6-10-16(17)21(27)28-2/h3-14H,1-2H3,(H,24,26)(H,22,23,25). The molecular weight excluding hydrogens is 356 g/mol. The molecule has 0 bridgehead atoms. The number of anilines is 2. The van der Waals surface area contributed by atoms with Crippen LogP contribution in [0, 0.1) is 0 Å². The van der Waals surface area contributed by atoms with Crippen LogP contribution in [0.3, 0.4) is 0 Å². The van der Waals surface area contributed by atoms with Crippen LogP contribution in [0.25, 0.3) is 0 Å². The molecule has 0 radical (unpaired) electrons. The zero-order chi connectivity index (χ0) is 19.9. The lowest BCUT2D eigenvalue weighted by Gasteiger charge is -2.14. The molecule has 3 rings (SSSR count). The molecule has 28 heavy (non-hydrogen) atoms. The highest BCUT2D eigenvalue weighted by Gasteiger charge is 2.15. The summed E-state index contributed by atoms with van der Waals surface area (Å²) in [5.74, 6) is -0.390. The van der Waals surface area contributed by atoms with Crippen molar-refractivity contribution in [2.45, 2.75) is 13.0 Å². The third-order valence-electron chi connectivity index (χ3n) is 4.14. The van der Waals surface area contributed by atoms with E-state index < -0.39 is 5.97 Å². The van der Waals surface area contributed by atoms with Crippen LogP contribution in [-0.2, 0) is 4.74 Å². The summed E-state index contributed by atoms with van der Waals surface area (Å²) in [6.45, 7) is 1.90. The van der Waals surface area contributed by atoms with Crippen molar-refractivity contribution >= 4 is 23.4 Å². The van der Waals surface area contributed by atoms with Crippen LogP contribution in [0.2, 0.25) is 0 Å². The van der Waals surface area contributed by atoms with Gasteiger partial charge >= 0.3 is 5.97 Å². The number of methoxy groups -OCH3 is 1. The second-order valence-corrected chi connectivity index (χ2v) is 6.06. The van der Waals surface area contributed by atoms with Gasteiger partial charge in [0.25, 0.3) is 5.91 Å². The molecule has 0 fully saturated rings. The van der Waals surface area contributed by atoms with Gasteiger partial charge in [0.15, 0.2) is 0 Å². The number of esters is 1. The van der Waals surface area contributed by atoms with Crippen molar-refractivity contribution < 1.29 is 14.3 Å². The maximum Gasteiger partial charge on any atom is 0.339 e. The van der Waals surface area contributed by atoms with Crippen LogP contribution in [0.15, 0.2) is 67.0 Å². The predicted octanol–water partition coefficient (Wildman–Crippen LogP) is 3.50. The third kappa shape index (κ3) is 4.50. The Hall–Kier alpha value is -3.74. The zero-order valence-electron chi connectivity index (χ0n) is 15.5. The first-order valence-electron chi connectivity index (χ1n) is 8.70. The Balaban J connectivity index is 1.76. The van der Waals surface area contributed by atoms with Gasteiger partial charge in [0, 0.05) is 6.07 Å². The van der Waals surface area contributed by atoms with Crippen LogP contribution < -0.4 is 10.6 Å². The maximum atomic E-state index is 12.6. The smallest absolute Gasteiger partial charge is 0.339 e. The molecule has 7 nitrogen and oxygen atoms in total. The maximum absolute atomic E-state index is 12.6. The van der Waals surface area contributed by atoms with Crippen molar-refractivity contribution in [3.8, 4) is 0 Å².